The summed E-state index contributed by atoms with van der Waals surface area (Å²) in [6, 6.07) is 8.24. The van der Waals surface area contributed by atoms with Crippen LogP contribution in [0.15, 0.2) is 47.2 Å². The molecule has 1 heterocycles. The third kappa shape index (κ3) is 3.10. The number of hydrogen-bond donors (Lipinski definition) is 1. The molecule has 86 valence electrons. The van der Waals surface area contributed by atoms with Crippen LogP contribution in [0.2, 0.25) is 0 Å². The van der Waals surface area contributed by atoms with Crippen molar-refractivity contribution in [3.05, 3.63) is 58.6 Å². The van der Waals surface area contributed by atoms with Gasteiger partial charge in [-0.05, 0) is 30.3 Å². The Balaban J connectivity index is 2.14. The van der Waals surface area contributed by atoms with Crippen LogP contribution in [-0.4, -0.2) is 10.9 Å². The minimum Gasteiger partial charge on any atom is -0.322 e. The molecule has 3 nitrogen and oxygen atoms in total. The van der Waals surface area contributed by atoms with Crippen LogP contribution in [-0.2, 0) is 0 Å². The van der Waals surface area contributed by atoms with E-state index >= 15 is 0 Å². The lowest BCUT2D eigenvalue weighted by Crippen LogP contribution is -2.12. The fourth-order valence-electron chi connectivity index (χ4n) is 1.27. The first-order valence-electron chi connectivity index (χ1n) is 4.82. The molecule has 0 unspecified atom stereocenters. The second kappa shape index (κ2) is 5.05. The van der Waals surface area contributed by atoms with Gasteiger partial charge in [-0.1, -0.05) is 15.9 Å². The number of carbonyl (C=O) groups is 1. The van der Waals surface area contributed by atoms with Crippen molar-refractivity contribution in [3.63, 3.8) is 0 Å². The van der Waals surface area contributed by atoms with Crippen molar-refractivity contribution < 1.29 is 9.18 Å². The van der Waals surface area contributed by atoms with Gasteiger partial charge in [0.2, 0.25) is 0 Å². The molecule has 1 aromatic heterocycles. The van der Waals surface area contributed by atoms with Crippen LogP contribution in [0.4, 0.5) is 10.1 Å². The maximum atomic E-state index is 12.9. The average Bonchev–Trinajstić information content (AvgIpc) is 2.32. The van der Waals surface area contributed by atoms with E-state index in [-0.39, 0.29) is 11.5 Å². The Morgan fingerprint density at radius 2 is 1.94 bits per heavy atom. The molecule has 1 amide bonds. The summed E-state index contributed by atoms with van der Waals surface area (Å²) >= 11 is 3.29. The van der Waals surface area contributed by atoms with Gasteiger partial charge in [-0.3, -0.25) is 9.78 Å². The van der Waals surface area contributed by atoms with Gasteiger partial charge < -0.3 is 5.32 Å². The summed E-state index contributed by atoms with van der Waals surface area (Å²) < 4.78 is 13.8. The second-order valence-electron chi connectivity index (χ2n) is 3.35. The quantitative estimate of drug-likeness (QED) is 0.924. The maximum absolute atomic E-state index is 12.9. The van der Waals surface area contributed by atoms with Crippen LogP contribution in [0.25, 0.3) is 0 Å². The number of pyridine rings is 1. The van der Waals surface area contributed by atoms with E-state index in [9.17, 15) is 9.18 Å². The second-order valence-corrected chi connectivity index (χ2v) is 4.27. The van der Waals surface area contributed by atoms with Gasteiger partial charge in [-0.25, -0.2) is 4.39 Å². The molecule has 0 fully saturated rings. The zero-order valence-electron chi connectivity index (χ0n) is 8.65. The first kappa shape index (κ1) is 11.7. The van der Waals surface area contributed by atoms with Crippen molar-refractivity contribution in [1.82, 2.24) is 4.98 Å². The Hall–Kier alpha value is -1.75. The fourth-order valence-corrected chi connectivity index (χ4v) is 1.54. The number of nitrogens with one attached hydrogen (secondary N) is 1. The van der Waals surface area contributed by atoms with Gasteiger partial charge in [0.05, 0.1) is 11.8 Å². The van der Waals surface area contributed by atoms with Crippen LogP contribution in [0.5, 0.6) is 0 Å². The topological polar surface area (TPSA) is 42.0 Å². The molecule has 17 heavy (non-hydrogen) atoms. The molecule has 1 aromatic carbocycles. The predicted molar refractivity (Wildman–Crippen MR) is 66.3 cm³/mol. The van der Waals surface area contributed by atoms with Gasteiger partial charge in [-0.2, -0.15) is 0 Å². The van der Waals surface area contributed by atoms with E-state index in [1.165, 1.54) is 6.20 Å². The van der Waals surface area contributed by atoms with Gasteiger partial charge in [0.1, 0.15) is 5.82 Å². The molecular formula is C12H8BrFN2O. The Morgan fingerprint density at radius 1 is 1.24 bits per heavy atom. The molecule has 2 rings (SSSR count). The van der Waals surface area contributed by atoms with Gasteiger partial charge >= 0.3 is 0 Å². The maximum Gasteiger partial charge on any atom is 0.257 e. The number of halogens is 2. The van der Waals surface area contributed by atoms with Gasteiger partial charge in [-0.15, -0.1) is 0 Å². The van der Waals surface area contributed by atoms with Crippen LogP contribution in [0.1, 0.15) is 10.4 Å². The molecular weight excluding hydrogens is 287 g/mol. The summed E-state index contributed by atoms with van der Waals surface area (Å²) in [6.07, 6.45) is 2.37. The van der Waals surface area contributed by atoms with Crippen molar-refractivity contribution in [3.8, 4) is 0 Å². The molecule has 0 aliphatic carbocycles. The fraction of sp³-hybridized carbons (Fsp3) is 0. The van der Waals surface area contributed by atoms with Gasteiger partial charge in [0.15, 0.2) is 0 Å². The minimum atomic E-state index is -0.534. The van der Waals surface area contributed by atoms with Crippen LogP contribution in [0, 0.1) is 5.82 Å². The third-order valence-electron chi connectivity index (χ3n) is 2.07. The normalized spacial score (nSPS) is 10.0. The van der Waals surface area contributed by atoms with Gasteiger partial charge in [0.25, 0.3) is 5.91 Å². The highest BCUT2D eigenvalue weighted by molar-refractivity contribution is 9.10. The highest BCUT2D eigenvalue weighted by Crippen LogP contribution is 2.15. The number of nitrogens with zero attached hydrogens (tertiary/aromatic N) is 1. The lowest BCUT2D eigenvalue weighted by molar-refractivity contribution is 0.102. The van der Waals surface area contributed by atoms with E-state index in [0.717, 1.165) is 16.7 Å². The SMILES string of the molecule is O=C(Nc1ccc(Br)cc1)c1cncc(F)c1. The summed E-state index contributed by atoms with van der Waals surface area (Å²) in [7, 11) is 0. The summed E-state index contributed by atoms with van der Waals surface area (Å²) in [4.78, 5) is 15.3. The third-order valence-corrected chi connectivity index (χ3v) is 2.60. The number of amides is 1. The van der Waals surface area contributed by atoms with Crippen molar-refractivity contribution in [2.24, 2.45) is 0 Å². The Labute approximate surface area is 106 Å². The molecule has 0 radical (unpaired) electrons. The highest BCUT2D eigenvalue weighted by Gasteiger charge is 2.07. The zero-order chi connectivity index (χ0) is 12.3. The van der Waals surface area contributed by atoms with Crippen molar-refractivity contribution in [2.45, 2.75) is 0 Å². The average molecular weight is 295 g/mol. The van der Waals surface area contributed by atoms with Crippen LogP contribution in [0.3, 0.4) is 0 Å². The molecule has 0 spiro atoms. The van der Waals surface area contributed by atoms with Crippen molar-refractivity contribution in [2.75, 3.05) is 5.32 Å². The van der Waals surface area contributed by atoms with Crippen LogP contribution < -0.4 is 5.32 Å². The zero-order valence-corrected chi connectivity index (χ0v) is 10.2. The largest absolute Gasteiger partial charge is 0.322 e. The predicted octanol–water partition coefficient (Wildman–Crippen LogP) is 3.24. The number of benzene rings is 1. The number of rotatable bonds is 2. The van der Waals surface area contributed by atoms with E-state index in [1.54, 1.807) is 24.3 Å². The molecule has 0 saturated carbocycles. The molecule has 5 heteroatoms. The van der Waals surface area contributed by atoms with Crippen molar-refractivity contribution in [1.29, 1.82) is 0 Å². The minimum absolute atomic E-state index is 0.188. The number of hydrogen-bond acceptors (Lipinski definition) is 2. The lowest BCUT2D eigenvalue weighted by Gasteiger charge is -2.04. The Bertz CT molecular complexity index is 542. The van der Waals surface area contributed by atoms with E-state index in [0.29, 0.717) is 5.69 Å². The number of carbonyl (C=O) groups excluding carboxylic acids is 1. The van der Waals surface area contributed by atoms with Crippen molar-refractivity contribution >= 4 is 27.5 Å². The summed E-state index contributed by atoms with van der Waals surface area (Å²) in [6.45, 7) is 0. The van der Waals surface area contributed by atoms with E-state index in [1.807, 2.05) is 0 Å². The molecule has 0 atom stereocenters. The summed E-state index contributed by atoms with van der Waals surface area (Å²) in [5, 5.41) is 2.65. The number of aromatic nitrogens is 1. The lowest BCUT2D eigenvalue weighted by atomic mass is 10.2. The smallest absolute Gasteiger partial charge is 0.257 e. The monoisotopic (exact) mass is 294 g/mol. The molecule has 0 saturated heterocycles. The standard InChI is InChI=1S/C12H8BrFN2O/c13-9-1-3-11(4-2-9)16-12(17)8-5-10(14)7-15-6-8/h1-7H,(H,16,17). The van der Waals surface area contributed by atoms with E-state index in [2.05, 4.69) is 26.2 Å². The summed E-state index contributed by atoms with van der Waals surface area (Å²) in [5.41, 5.74) is 0.829. The van der Waals surface area contributed by atoms with Crippen LogP contribution >= 0.6 is 15.9 Å². The summed E-state index contributed by atoms with van der Waals surface area (Å²) in [5.74, 6) is -0.923. The van der Waals surface area contributed by atoms with E-state index < -0.39 is 5.82 Å². The molecule has 2 aromatic rings. The molecule has 0 bridgehead atoms. The van der Waals surface area contributed by atoms with Gasteiger partial charge in [0, 0.05) is 16.4 Å². The molecule has 0 aliphatic heterocycles. The molecule has 1 N–H and O–H groups in total. The first-order chi connectivity index (χ1) is 8.15. The highest BCUT2D eigenvalue weighted by atomic mass is 79.9. The Morgan fingerprint density at radius 3 is 2.59 bits per heavy atom. The first-order valence-corrected chi connectivity index (χ1v) is 5.62. The van der Waals surface area contributed by atoms with E-state index in [4.69, 9.17) is 0 Å². The number of anilines is 1. The Kier molecular flexibility index (Phi) is 3.49. The molecule has 0 aliphatic rings.